The van der Waals surface area contributed by atoms with Crippen molar-refractivity contribution in [2.24, 2.45) is 4.99 Å². The average molecular weight is 566 g/mol. The third-order valence-corrected chi connectivity index (χ3v) is 7.30. The molecule has 0 spiro atoms. The molecule has 10 heteroatoms. The first kappa shape index (κ1) is 28.2. The predicted octanol–water partition coefficient (Wildman–Crippen LogP) is 5.73. The summed E-state index contributed by atoms with van der Waals surface area (Å²) >= 11 is 7.27. The molecule has 1 saturated heterocycles. The second-order valence-corrected chi connectivity index (χ2v) is 10.2. The minimum Gasteiger partial charge on any atom is -0.497 e. The zero-order chi connectivity index (χ0) is 27.8. The molecule has 0 radical (unpaired) electrons. The van der Waals surface area contributed by atoms with Crippen LogP contribution in [0.4, 0.5) is 11.4 Å². The van der Waals surface area contributed by atoms with Crippen molar-refractivity contribution in [2.75, 3.05) is 25.6 Å². The van der Waals surface area contributed by atoms with E-state index in [-0.39, 0.29) is 24.8 Å². The molecule has 4 rings (SSSR count). The molecule has 1 atom stereocenters. The van der Waals surface area contributed by atoms with Crippen LogP contribution in [0.3, 0.4) is 0 Å². The fourth-order valence-electron chi connectivity index (χ4n) is 3.91. The Labute approximate surface area is 236 Å². The van der Waals surface area contributed by atoms with Gasteiger partial charge >= 0.3 is 5.97 Å². The molecule has 0 aromatic heterocycles. The summed E-state index contributed by atoms with van der Waals surface area (Å²) in [6, 6.07) is 21.2. The van der Waals surface area contributed by atoms with E-state index < -0.39 is 11.2 Å². The highest BCUT2D eigenvalue weighted by Gasteiger charge is 2.39. The summed E-state index contributed by atoms with van der Waals surface area (Å²) in [6.07, 6.45) is 0.578. The van der Waals surface area contributed by atoms with Gasteiger partial charge in [0.05, 0.1) is 25.0 Å². The Bertz CT molecular complexity index is 1360. The molecule has 8 nitrogen and oxygen atoms in total. The van der Waals surface area contributed by atoms with E-state index in [9.17, 15) is 14.4 Å². The Morgan fingerprint density at radius 1 is 1.08 bits per heavy atom. The number of anilines is 1. The van der Waals surface area contributed by atoms with E-state index in [0.29, 0.717) is 40.1 Å². The van der Waals surface area contributed by atoms with Crippen molar-refractivity contribution in [1.29, 1.82) is 0 Å². The molecule has 202 valence electrons. The highest BCUT2D eigenvalue weighted by molar-refractivity contribution is 8.15. The van der Waals surface area contributed by atoms with Gasteiger partial charge in [0.2, 0.25) is 11.8 Å². The predicted molar refractivity (Wildman–Crippen MR) is 154 cm³/mol. The number of methoxy groups -OCH3 is 1. The number of nitrogens with zero attached hydrogens (tertiary/aromatic N) is 2. The molecule has 3 aromatic rings. The van der Waals surface area contributed by atoms with Crippen molar-refractivity contribution in [1.82, 2.24) is 4.90 Å². The number of carbonyl (C=O) groups is 3. The monoisotopic (exact) mass is 565 g/mol. The standard InChI is InChI=1S/C29H28ClN3O5S/c1-3-38-28(36)20-9-11-22(12-10-20)32-29-33(16-15-19-7-13-24(37-2)14-8-19)27(35)25(39-29)18-26(34)31-23-6-4-5-21(30)17-23/h4-14,17,25H,3,15-16,18H2,1-2H3,(H,31,34). The number of hydrogen-bond acceptors (Lipinski definition) is 7. The number of ether oxygens (including phenoxy) is 2. The largest absolute Gasteiger partial charge is 0.497 e. The molecule has 39 heavy (non-hydrogen) atoms. The van der Waals surface area contributed by atoms with Crippen LogP contribution < -0.4 is 10.1 Å². The van der Waals surface area contributed by atoms with Crippen molar-refractivity contribution in [3.05, 3.63) is 88.9 Å². The maximum atomic E-state index is 13.4. The quantitative estimate of drug-likeness (QED) is 0.315. The number of carbonyl (C=O) groups excluding carboxylic acids is 3. The van der Waals surface area contributed by atoms with E-state index in [4.69, 9.17) is 26.1 Å². The maximum Gasteiger partial charge on any atom is 0.338 e. The smallest absolute Gasteiger partial charge is 0.338 e. The van der Waals surface area contributed by atoms with Crippen LogP contribution in [-0.4, -0.2) is 53.4 Å². The van der Waals surface area contributed by atoms with Crippen LogP contribution in [0.5, 0.6) is 5.75 Å². The van der Waals surface area contributed by atoms with Gasteiger partial charge in [-0.25, -0.2) is 9.79 Å². The summed E-state index contributed by atoms with van der Waals surface area (Å²) in [5, 5.41) is 3.18. The zero-order valence-electron chi connectivity index (χ0n) is 21.6. The summed E-state index contributed by atoms with van der Waals surface area (Å²) < 4.78 is 10.3. The van der Waals surface area contributed by atoms with Gasteiger partial charge in [0, 0.05) is 23.7 Å². The summed E-state index contributed by atoms with van der Waals surface area (Å²) in [7, 11) is 1.61. The third-order valence-electron chi connectivity index (χ3n) is 5.89. The second kappa shape index (κ2) is 13.3. The van der Waals surface area contributed by atoms with Crippen LogP contribution in [0.1, 0.15) is 29.3 Å². The summed E-state index contributed by atoms with van der Waals surface area (Å²) in [6.45, 7) is 2.43. The molecule has 1 N–H and O–H groups in total. The second-order valence-electron chi connectivity index (χ2n) is 8.62. The van der Waals surface area contributed by atoms with Crippen LogP contribution in [-0.2, 0) is 20.7 Å². The molecule has 1 aliphatic rings. The van der Waals surface area contributed by atoms with E-state index in [1.165, 1.54) is 11.8 Å². The molecule has 0 saturated carbocycles. The summed E-state index contributed by atoms with van der Waals surface area (Å²) in [4.78, 5) is 44.5. The van der Waals surface area contributed by atoms with Gasteiger partial charge in [-0.2, -0.15) is 0 Å². The van der Waals surface area contributed by atoms with Crippen LogP contribution in [0.2, 0.25) is 5.02 Å². The Morgan fingerprint density at radius 3 is 2.49 bits per heavy atom. The highest BCUT2D eigenvalue weighted by atomic mass is 35.5. The number of halogens is 1. The number of nitrogens with one attached hydrogen (secondary N) is 1. The van der Waals surface area contributed by atoms with Crippen LogP contribution >= 0.6 is 23.4 Å². The number of esters is 1. The number of hydrogen-bond donors (Lipinski definition) is 1. The first-order chi connectivity index (χ1) is 18.9. The van der Waals surface area contributed by atoms with Gasteiger partial charge in [-0.1, -0.05) is 41.6 Å². The first-order valence-electron chi connectivity index (χ1n) is 12.4. The number of thioether (sulfide) groups is 1. The minimum atomic E-state index is -0.627. The lowest BCUT2D eigenvalue weighted by Gasteiger charge is -2.17. The lowest BCUT2D eigenvalue weighted by Crippen LogP contribution is -2.35. The minimum absolute atomic E-state index is 0.0180. The number of benzene rings is 3. The fourth-order valence-corrected chi connectivity index (χ4v) is 5.28. The van der Waals surface area contributed by atoms with E-state index in [2.05, 4.69) is 5.32 Å². The van der Waals surface area contributed by atoms with Gasteiger partial charge in [-0.3, -0.25) is 14.5 Å². The molecule has 1 aliphatic heterocycles. The van der Waals surface area contributed by atoms with Crippen molar-refractivity contribution < 1.29 is 23.9 Å². The van der Waals surface area contributed by atoms with Crippen molar-refractivity contribution in [2.45, 2.75) is 25.0 Å². The number of amides is 2. The molecule has 3 aromatic carbocycles. The van der Waals surface area contributed by atoms with Gasteiger partial charge in [0.25, 0.3) is 0 Å². The molecular weight excluding hydrogens is 538 g/mol. The average Bonchev–Trinajstić information content (AvgIpc) is 3.21. The summed E-state index contributed by atoms with van der Waals surface area (Å²) in [5.41, 5.74) is 2.60. The number of aliphatic imine (C=N–C) groups is 1. The number of rotatable bonds is 10. The van der Waals surface area contributed by atoms with Gasteiger partial charge in [0.1, 0.15) is 11.0 Å². The fraction of sp³-hybridized carbons (Fsp3) is 0.241. The van der Waals surface area contributed by atoms with Gasteiger partial charge in [0.15, 0.2) is 5.17 Å². The Morgan fingerprint density at radius 2 is 1.82 bits per heavy atom. The lowest BCUT2D eigenvalue weighted by molar-refractivity contribution is -0.128. The van der Waals surface area contributed by atoms with Crippen molar-refractivity contribution in [3.8, 4) is 5.75 Å². The van der Waals surface area contributed by atoms with E-state index in [1.807, 2.05) is 24.3 Å². The third kappa shape index (κ3) is 7.61. The molecule has 0 aliphatic carbocycles. The van der Waals surface area contributed by atoms with Crippen LogP contribution in [0, 0.1) is 0 Å². The highest BCUT2D eigenvalue weighted by Crippen LogP contribution is 2.32. The Balaban J connectivity index is 1.51. The molecule has 1 unspecified atom stereocenters. The van der Waals surface area contributed by atoms with E-state index in [1.54, 1.807) is 67.5 Å². The summed E-state index contributed by atoms with van der Waals surface area (Å²) in [5.74, 6) is -0.130. The Hall–Kier alpha value is -3.82. The topological polar surface area (TPSA) is 97.3 Å². The van der Waals surface area contributed by atoms with Crippen molar-refractivity contribution in [3.63, 3.8) is 0 Å². The zero-order valence-corrected chi connectivity index (χ0v) is 23.1. The molecular formula is C29H28ClN3O5S. The molecule has 2 amide bonds. The van der Waals surface area contributed by atoms with E-state index in [0.717, 1.165) is 11.3 Å². The van der Waals surface area contributed by atoms with Gasteiger partial charge in [-0.05, 0) is 73.5 Å². The van der Waals surface area contributed by atoms with Gasteiger partial charge in [-0.15, -0.1) is 0 Å². The lowest BCUT2D eigenvalue weighted by atomic mass is 10.1. The Kier molecular flexibility index (Phi) is 9.62. The molecule has 1 heterocycles. The first-order valence-corrected chi connectivity index (χ1v) is 13.6. The number of amidine groups is 1. The SMILES string of the molecule is CCOC(=O)c1ccc(N=C2SC(CC(=O)Nc3cccc(Cl)c3)C(=O)N2CCc2ccc(OC)cc2)cc1. The van der Waals surface area contributed by atoms with Crippen LogP contribution in [0.25, 0.3) is 0 Å². The van der Waals surface area contributed by atoms with Gasteiger partial charge < -0.3 is 14.8 Å². The van der Waals surface area contributed by atoms with Crippen molar-refractivity contribution >= 4 is 57.7 Å². The molecule has 0 bridgehead atoms. The van der Waals surface area contributed by atoms with E-state index >= 15 is 0 Å². The van der Waals surface area contributed by atoms with Crippen LogP contribution in [0.15, 0.2) is 77.8 Å². The maximum absolute atomic E-state index is 13.4. The normalized spacial score (nSPS) is 15.9. The molecule has 1 fully saturated rings.